The van der Waals surface area contributed by atoms with Crippen molar-refractivity contribution < 1.29 is 65.9 Å². The predicted molar refractivity (Wildman–Crippen MR) is 354 cm³/mol. The highest BCUT2D eigenvalue weighted by Crippen LogP contribution is 2.44. The van der Waals surface area contributed by atoms with Crippen molar-refractivity contribution in [2.24, 2.45) is 47.3 Å². The molecular formula is C68H115ClF3N11O11. The molecule has 2 saturated carbocycles. The molecule has 2 heterocycles. The van der Waals surface area contributed by atoms with Crippen molar-refractivity contribution in [2.45, 2.75) is 264 Å². The molecule has 0 aromatic rings. The van der Waals surface area contributed by atoms with Crippen LogP contribution in [-0.4, -0.2) is 226 Å². The lowest BCUT2D eigenvalue weighted by atomic mass is 9.78. The molecule has 3 unspecified atom stereocenters. The van der Waals surface area contributed by atoms with Gasteiger partial charge in [0.15, 0.2) is 0 Å². The maximum Gasteiger partial charge on any atom is 0.393 e. The summed E-state index contributed by atoms with van der Waals surface area (Å²) in [5.41, 5.74) is -1.68. The molecule has 2 saturated heterocycles. The smallest absolute Gasteiger partial charge is 0.343 e. The summed E-state index contributed by atoms with van der Waals surface area (Å²) >= 11 is 6.38. The van der Waals surface area contributed by atoms with Crippen molar-refractivity contribution in [3.63, 3.8) is 0 Å². The second-order valence-corrected chi connectivity index (χ2v) is 30.4. The minimum Gasteiger partial charge on any atom is -0.343 e. The number of halogens is 4. The lowest BCUT2D eigenvalue weighted by molar-refractivity contribution is -0.182. The van der Waals surface area contributed by atoms with Gasteiger partial charge in [-0.3, -0.25) is 52.7 Å². The van der Waals surface area contributed by atoms with Gasteiger partial charge in [0.2, 0.25) is 65.0 Å². The zero-order valence-electron chi connectivity index (χ0n) is 59.8. The van der Waals surface area contributed by atoms with Gasteiger partial charge < -0.3 is 55.6 Å². The molecule has 26 heteroatoms. The van der Waals surface area contributed by atoms with Gasteiger partial charge >= 0.3 is 6.18 Å². The van der Waals surface area contributed by atoms with Crippen LogP contribution in [0.2, 0.25) is 0 Å². The minimum absolute atomic E-state index is 0.00998. The van der Waals surface area contributed by atoms with Crippen molar-refractivity contribution in [1.29, 1.82) is 0 Å². The Kier molecular flexibility index (Phi) is 30.0. The number of rotatable bonds is 13. The van der Waals surface area contributed by atoms with Crippen LogP contribution in [0, 0.1) is 47.3 Å². The maximum absolute atomic E-state index is 15.1. The second-order valence-electron chi connectivity index (χ2n) is 29.8. The standard InChI is InChI=1S/C68H115ClF3N11O11/c1-20-42(9)57-65(93)77(14)37-56(85)83-30-29-52(83)63(91)81(18)54(36-46-23-21-41(8)22-24-46)64(92)79(16)44(11)58(86)73-49(28-26-45-25-27-47(48(69)35-45)68(70,71)72)59(87)74-51(32-39(4)5)62(90)82(19)67(12,13)66(94)75-50(31-38(2)3)61(89)78(15)43(10)34-55(84)80(17)53(33-40(6)7)60(88)76-57/h38-54,57H,20-37H2,1-19H3,(H,73,86)(H,74,87)(H,75,94)(H,76,88)/t41?,42-,43+,44+,45?,46?,47?,48?,49-,50-,51-,52-,53-,54-,57-/m0/s1. The number of hydrogen-bond donors (Lipinski definition) is 4. The molecule has 0 aromatic carbocycles. The molecule has 22 nitrogen and oxygen atoms in total. The van der Waals surface area contributed by atoms with Gasteiger partial charge in [0.25, 0.3) is 0 Å². The number of likely N-dealkylation sites (N-methyl/N-ethyl adjacent to an activating group) is 6. The molecule has 4 fully saturated rings. The SMILES string of the molecule is CC[C@H](C)[C@@H]1NC(=O)[C@H](CC(C)C)N(C)C(=O)C[C@@H](C)N(C)C(=O)[C@H](CC(C)C)NC(=O)C(C)(C)N(C)C(=O)[C@H](CC(C)C)NC(=O)[C@H](CCC2CCC(C(F)(F)F)C(Cl)C2)NC(=O)[C@@H](C)N(C)C(=O)[C@H](CC2CCC(C)CC2)N(C)C(=O)[C@@H]2CCN2C(=O)CN(C)C1=O. The van der Waals surface area contributed by atoms with Crippen LogP contribution >= 0.6 is 11.6 Å². The number of nitrogens with zero attached hydrogens (tertiary/aromatic N) is 7. The Morgan fingerprint density at radius 1 is 0.564 bits per heavy atom. The molecule has 2 aliphatic heterocycles. The van der Waals surface area contributed by atoms with E-state index in [0.29, 0.717) is 12.3 Å². The van der Waals surface area contributed by atoms with E-state index in [1.54, 1.807) is 13.8 Å². The molecule has 0 aromatic heterocycles. The molecule has 0 radical (unpaired) electrons. The Balaban J connectivity index is 1.84. The highest BCUT2D eigenvalue weighted by Gasteiger charge is 2.49. The fourth-order valence-electron chi connectivity index (χ4n) is 13.3. The zero-order valence-corrected chi connectivity index (χ0v) is 60.5. The average molecular weight is 1360 g/mol. The van der Waals surface area contributed by atoms with Crippen LogP contribution in [-0.2, 0) is 52.7 Å². The number of carbonyl (C=O) groups excluding carboxylic acids is 11. The van der Waals surface area contributed by atoms with Crippen LogP contribution in [0.4, 0.5) is 13.2 Å². The second kappa shape index (κ2) is 35.0. The third-order valence-corrected chi connectivity index (χ3v) is 21.2. The van der Waals surface area contributed by atoms with Gasteiger partial charge in [-0.25, -0.2) is 0 Å². The zero-order chi connectivity index (χ0) is 71.3. The third kappa shape index (κ3) is 21.4. The van der Waals surface area contributed by atoms with Gasteiger partial charge in [-0.15, -0.1) is 11.6 Å². The Hall–Kier alpha value is -5.75. The van der Waals surface area contributed by atoms with E-state index in [1.165, 1.54) is 97.4 Å². The van der Waals surface area contributed by atoms with E-state index in [1.807, 2.05) is 48.5 Å². The van der Waals surface area contributed by atoms with Crippen LogP contribution in [0.15, 0.2) is 0 Å². The first-order valence-electron chi connectivity index (χ1n) is 34.4. The Labute approximate surface area is 562 Å². The monoisotopic (exact) mass is 1350 g/mol. The van der Waals surface area contributed by atoms with Crippen molar-refractivity contribution in [3.05, 3.63) is 0 Å². The van der Waals surface area contributed by atoms with Gasteiger partial charge in [-0.1, -0.05) is 94.4 Å². The number of amides is 11. The summed E-state index contributed by atoms with van der Waals surface area (Å²) in [6.07, 6.45) is -0.0667. The van der Waals surface area contributed by atoms with E-state index < -0.39 is 155 Å². The van der Waals surface area contributed by atoms with Gasteiger partial charge in [-0.2, -0.15) is 13.2 Å². The number of fused-ring (bicyclic) bond motifs is 1. The van der Waals surface area contributed by atoms with E-state index >= 15 is 4.79 Å². The fourth-order valence-corrected chi connectivity index (χ4v) is 13.8. The molecule has 13 atom stereocenters. The number of alkyl halides is 4. The lowest BCUT2D eigenvalue weighted by Gasteiger charge is -2.44. The maximum atomic E-state index is 15.1. The summed E-state index contributed by atoms with van der Waals surface area (Å²) in [6, 6.07) is -10.2. The molecule has 0 spiro atoms. The molecule has 4 N–H and O–H groups in total. The molecule has 4 aliphatic rings. The van der Waals surface area contributed by atoms with Crippen LogP contribution in [0.25, 0.3) is 0 Å². The molecular weight excluding hydrogens is 1240 g/mol. The highest BCUT2D eigenvalue weighted by atomic mass is 35.5. The van der Waals surface area contributed by atoms with E-state index in [2.05, 4.69) is 28.2 Å². The summed E-state index contributed by atoms with van der Waals surface area (Å²) in [6.45, 7) is 22.8. The highest BCUT2D eigenvalue weighted by molar-refractivity contribution is 6.20. The Bertz CT molecular complexity index is 2660. The van der Waals surface area contributed by atoms with Crippen molar-refractivity contribution in [1.82, 2.24) is 55.6 Å². The van der Waals surface area contributed by atoms with Gasteiger partial charge in [-0.05, 0) is 133 Å². The summed E-state index contributed by atoms with van der Waals surface area (Å²) in [5.74, 6) is -9.36. The Morgan fingerprint density at radius 2 is 1.12 bits per heavy atom. The number of nitrogens with one attached hydrogen (secondary N) is 4. The third-order valence-electron chi connectivity index (χ3n) is 20.7. The van der Waals surface area contributed by atoms with Crippen molar-refractivity contribution >= 4 is 76.6 Å². The van der Waals surface area contributed by atoms with E-state index in [4.69, 9.17) is 11.6 Å². The Morgan fingerprint density at radius 3 is 1.64 bits per heavy atom. The summed E-state index contributed by atoms with van der Waals surface area (Å²) in [5, 5.41) is 10.2. The first-order valence-corrected chi connectivity index (χ1v) is 34.8. The number of hydrogen-bond acceptors (Lipinski definition) is 11. The van der Waals surface area contributed by atoms with Gasteiger partial charge in [0.1, 0.15) is 53.9 Å². The van der Waals surface area contributed by atoms with Crippen LogP contribution in [0.3, 0.4) is 0 Å². The van der Waals surface area contributed by atoms with Crippen LogP contribution in [0.1, 0.15) is 193 Å². The normalized spacial score (nSPS) is 31.3. The fraction of sp³-hybridized carbons (Fsp3) is 0.838. The quantitative estimate of drug-likeness (QED) is 0.140. The molecule has 536 valence electrons. The summed E-state index contributed by atoms with van der Waals surface area (Å²) in [7, 11) is 8.73. The van der Waals surface area contributed by atoms with Crippen molar-refractivity contribution in [2.75, 3.05) is 55.4 Å². The molecule has 2 aliphatic carbocycles. The molecule has 4 rings (SSSR count). The van der Waals surface area contributed by atoms with E-state index in [-0.39, 0.29) is 107 Å². The first-order chi connectivity index (χ1) is 43.5. The first kappa shape index (κ1) is 80.7. The minimum atomic E-state index is -4.51. The molecule has 11 amide bonds. The summed E-state index contributed by atoms with van der Waals surface area (Å²) < 4.78 is 41.9. The van der Waals surface area contributed by atoms with Crippen LogP contribution in [0.5, 0.6) is 0 Å². The van der Waals surface area contributed by atoms with Crippen molar-refractivity contribution in [3.8, 4) is 0 Å². The van der Waals surface area contributed by atoms with Gasteiger partial charge in [0, 0.05) is 66.7 Å². The predicted octanol–water partition coefficient (Wildman–Crippen LogP) is 6.74. The van der Waals surface area contributed by atoms with Gasteiger partial charge in [0.05, 0.1) is 12.5 Å². The van der Waals surface area contributed by atoms with E-state index in [9.17, 15) is 61.1 Å². The van der Waals surface area contributed by atoms with Crippen LogP contribution < -0.4 is 21.3 Å². The molecule has 94 heavy (non-hydrogen) atoms. The largest absolute Gasteiger partial charge is 0.393 e. The number of carbonyl (C=O) groups is 11. The lowest BCUT2D eigenvalue weighted by Crippen LogP contribution is -2.64. The average Bonchev–Trinajstić information content (AvgIpc) is 0.902. The summed E-state index contributed by atoms with van der Waals surface area (Å²) in [4.78, 5) is 170. The van der Waals surface area contributed by atoms with E-state index in [0.717, 1.165) is 25.7 Å². The topological polar surface area (TPSA) is 259 Å². The molecule has 0 bridgehead atoms.